The minimum atomic E-state index is -0.878. The Morgan fingerprint density at radius 3 is 2.95 bits per heavy atom. The molecule has 0 aliphatic heterocycles. The summed E-state index contributed by atoms with van der Waals surface area (Å²) in [5, 5.41) is 15.0. The SMILES string of the molecule is COCCn1ncc(Cl)c1C(O)c1cncc(Br)c1. The second-order valence-electron chi connectivity index (χ2n) is 3.93. The fourth-order valence-corrected chi connectivity index (χ4v) is 2.36. The van der Waals surface area contributed by atoms with Crippen molar-refractivity contribution in [2.45, 2.75) is 12.6 Å². The van der Waals surface area contributed by atoms with Crippen molar-refractivity contribution in [3.63, 3.8) is 0 Å². The molecular formula is C12H13BrClN3O2. The third-order valence-electron chi connectivity index (χ3n) is 2.64. The second kappa shape index (κ2) is 6.47. The van der Waals surface area contributed by atoms with E-state index in [9.17, 15) is 5.11 Å². The van der Waals surface area contributed by atoms with Crippen LogP contribution in [0.25, 0.3) is 0 Å². The van der Waals surface area contributed by atoms with Crippen molar-refractivity contribution in [1.82, 2.24) is 14.8 Å². The van der Waals surface area contributed by atoms with Gasteiger partial charge in [-0.05, 0) is 22.0 Å². The van der Waals surface area contributed by atoms with Crippen LogP contribution in [0, 0.1) is 0 Å². The van der Waals surface area contributed by atoms with Gasteiger partial charge in [-0.1, -0.05) is 11.6 Å². The van der Waals surface area contributed by atoms with Crippen LogP contribution in [-0.2, 0) is 11.3 Å². The van der Waals surface area contributed by atoms with Gasteiger partial charge < -0.3 is 9.84 Å². The van der Waals surface area contributed by atoms with Gasteiger partial charge in [-0.3, -0.25) is 9.67 Å². The fourth-order valence-electron chi connectivity index (χ4n) is 1.74. The lowest BCUT2D eigenvalue weighted by Crippen LogP contribution is -2.13. The third-order valence-corrected chi connectivity index (χ3v) is 3.37. The molecular weight excluding hydrogens is 334 g/mol. The molecule has 1 unspecified atom stereocenters. The van der Waals surface area contributed by atoms with Gasteiger partial charge in [0.15, 0.2) is 0 Å². The summed E-state index contributed by atoms with van der Waals surface area (Å²) in [4.78, 5) is 4.03. The number of aliphatic hydroxyl groups is 1. The largest absolute Gasteiger partial charge is 0.383 e. The van der Waals surface area contributed by atoms with Crippen LogP contribution in [0.2, 0.25) is 5.02 Å². The molecule has 0 radical (unpaired) electrons. The highest BCUT2D eigenvalue weighted by molar-refractivity contribution is 9.10. The van der Waals surface area contributed by atoms with Gasteiger partial charge in [0.25, 0.3) is 0 Å². The van der Waals surface area contributed by atoms with E-state index in [2.05, 4.69) is 26.0 Å². The topological polar surface area (TPSA) is 60.2 Å². The lowest BCUT2D eigenvalue weighted by Gasteiger charge is -2.14. The van der Waals surface area contributed by atoms with Gasteiger partial charge in [0, 0.05) is 29.5 Å². The van der Waals surface area contributed by atoms with E-state index >= 15 is 0 Å². The molecule has 0 fully saturated rings. The van der Waals surface area contributed by atoms with Crippen LogP contribution in [-0.4, -0.2) is 33.6 Å². The molecule has 2 aromatic heterocycles. The van der Waals surface area contributed by atoms with Crippen molar-refractivity contribution in [3.8, 4) is 0 Å². The summed E-state index contributed by atoms with van der Waals surface area (Å²) in [5.74, 6) is 0. The van der Waals surface area contributed by atoms with E-state index in [-0.39, 0.29) is 0 Å². The van der Waals surface area contributed by atoms with Crippen LogP contribution in [0.15, 0.2) is 29.1 Å². The second-order valence-corrected chi connectivity index (χ2v) is 5.26. The molecule has 5 nitrogen and oxygen atoms in total. The van der Waals surface area contributed by atoms with E-state index in [4.69, 9.17) is 16.3 Å². The zero-order chi connectivity index (χ0) is 13.8. The monoisotopic (exact) mass is 345 g/mol. The minimum absolute atomic E-state index is 0.420. The van der Waals surface area contributed by atoms with Crippen LogP contribution >= 0.6 is 27.5 Å². The number of ether oxygens (including phenoxy) is 1. The maximum Gasteiger partial charge on any atom is 0.124 e. The molecule has 0 aliphatic carbocycles. The Morgan fingerprint density at radius 1 is 1.47 bits per heavy atom. The van der Waals surface area contributed by atoms with Crippen LogP contribution in [0.4, 0.5) is 0 Å². The highest BCUT2D eigenvalue weighted by Gasteiger charge is 2.20. The van der Waals surface area contributed by atoms with E-state index in [1.807, 2.05) is 0 Å². The van der Waals surface area contributed by atoms with Crippen LogP contribution in [0.1, 0.15) is 17.4 Å². The average molecular weight is 347 g/mol. The first-order chi connectivity index (χ1) is 9.13. The highest BCUT2D eigenvalue weighted by Crippen LogP contribution is 2.28. The molecule has 7 heteroatoms. The zero-order valence-electron chi connectivity index (χ0n) is 10.3. The molecule has 2 heterocycles. The van der Waals surface area contributed by atoms with Crippen LogP contribution < -0.4 is 0 Å². The van der Waals surface area contributed by atoms with Crippen molar-refractivity contribution in [3.05, 3.63) is 45.4 Å². The average Bonchev–Trinajstić information content (AvgIpc) is 2.76. The van der Waals surface area contributed by atoms with Gasteiger partial charge >= 0.3 is 0 Å². The molecule has 0 aliphatic rings. The summed E-state index contributed by atoms with van der Waals surface area (Å²) in [7, 11) is 1.61. The Kier molecular flexibility index (Phi) is 4.93. The van der Waals surface area contributed by atoms with Crippen LogP contribution in [0.3, 0.4) is 0 Å². The zero-order valence-corrected chi connectivity index (χ0v) is 12.6. The third kappa shape index (κ3) is 3.33. The summed E-state index contributed by atoms with van der Waals surface area (Å²) in [5.41, 5.74) is 1.19. The number of pyridine rings is 1. The number of methoxy groups -OCH3 is 1. The van der Waals surface area contributed by atoms with Crippen molar-refractivity contribution < 1.29 is 9.84 Å². The normalized spacial score (nSPS) is 12.6. The smallest absolute Gasteiger partial charge is 0.124 e. The molecule has 1 N–H and O–H groups in total. The molecule has 102 valence electrons. The summed E-state index contributed by atoms with van der Waals surface area (Å²) >= 11 is 9.42. The number of nitrogens with zero attached hydrogens (tertiary/aromatic N) is 3. The Balaban J connectivity index is 2.32. The molecule has 0 saturated carbocycles. The lowest BCUT2D eigenvalue weighted by atomic mass is 10.1. The Labute approximate surface area is 124 Å². The molecule has 0 amide bonds. The Hall–Kier alpha value is -0.950. The van der Waals surface area contributed by atoms with Gasteiger partial charge in [0.1, 0.15) is 6.10 Å². The first-order valence-corrected chi connectivity index (χ1v) is 6.79. The number of aliphatic hydroxyl groups excluding tert-OH is 1. The molecule has 0 saturated heterocycles. The first kappa shape index (κ1) is 14.5. The molecule has 0 aromatic carbocycles. The maximum absolute atomic E-state index is 10.4. The summed E-state index contributed by atoms with van der Waals surface area (Å²) in [6, 6.07) is 1.79. The van der Waals surface area contributed by atoms with Gasteiger partial charge in [-0.15, -0.1) is 0 Å². The van der Waals surface area contributed by atoms with Gasteiger partial charge in [-0.2, -0.15) is 5.10 Å². The maximum atomic E-state index is 10.4. The van der Waals surface area contributed by atoms with Crippen molar-refractivity contribution >= 4 is 27.5 Å². The van der Waals surface area contributed by atoms with Crippen molar-refractivity contribution in [2.24, 2.45) is 0 Å². The Morgan fingerprint density at radius 2 is 2.26 bits per heavy atom. The van der Waals surface area contributed by atoms with Gasteiger partial charge in [0.2, 0.25) is 0 Å². The van der Waals surface area contributed by atoms with E-state index in [0.29, 0.717) is 29.4 Å². The molecule has 0 spiro atoms. The van der Waals surface area contributed by atoms with E-state index in [0.717, 1.165) is 4.47 Å². The number of hydrogen-bond acceptors (Lipinski definition) is 4. The van der Waals surface area contributed by atoms with Gasteiger partial charge in [0.05, 0.1) is 30.1 Å². The van der Waals surface area contributed by atoms with Crippen molar-refractivity contribution in [2.75, 3.05) is 13.7 Å². The molecule has 2 aromatic rings. The fraction of sp³-hybridized carbons (Fsp3) is 0.333. The summed E-state index contributed by atoms with van der Waals surface area (Å²) in [6.07, 6.45) is 3.89. The predicted octanol–water partition coefficient (Wildman–Crippen LogP) is 2.42. The van der Waals surface area contributed by atoms with E-state index in [1.54, 1.807) is 30.3 Å². The van der Waals surface area contributed by atoms with E-state index in [1.165, 1.54) is 6.20 Å². The minimum Gasteiger partial charge on any atom is -0.383 e. The summed E-state index contributed by atoms with van der Waals surface area (Å²) < 4.78 is 7.44. The van der Waals surface area contributed by atoms with Gasteiger partial charge in [-0.25, -0.2) is 0 Å². The lowest BCUT2D eigenvalue weighted by molar-refractivity contribution is 0.171. The highest BCUT2D eigenvalue weighted by atomic mass is 79.9. The number of hydrogen-bond donors (Lipinski definition) is 1. The van der Waals surface area contributed by atoms with E-state index < -0.39 is 6.10 Å². The molecule has 1 atom stereocenters. The first-order valence-electron chi connectivity index (χ1n) is 5.62. The molecule has 0 bridgehead atoms. The molecule has 2 rings (SSSR count). The quantitative estimate of drug-likeness (QED) is 0.903. The molecule has 19 heavy (non-hydrogen) atoms. The van der Waals surface area contributed by atoms with Crippen molar-refractivity contribution in [1.29, 1.82) is 0 Å². The predicted molar refractivity (Wildman–Crippen MR) is 75.1 cm³/mol. The number of halogens is 2. The number of aromatic nitrogens is 3. The Bertz CT molecular complexity index is 562. The van der Waals surface area contributed by atoms with Crippen LogP contribution in [0.5, 0.6) is 0 Å². The summed E-state index contributed by atoms with van der Waals surface area (Å²) in [6.45, 7) is 1.02. The number of rotatable bonds is 5. The standard InChI is InChI=1S/C12H13BrClN3O2/c1-19-3-2-17-11(10(14)7-16-17)12(18)8-4-9(13)6-15-5-8/h4-7,12,18H,2-3H2,1H3.